The molecule has 2 saturated carbocycles. The first-order valence-electron chi connectivity index (χ1n) is 31.7. The molecule has 4 aromatic rings. The molecular formula is C64H88F2N12O13. The molecule has 25 nitrogen and oxygen atoms in total. The van der Waals surface area contributed by atoms with Crippen LogP contribution in [0.1, 0.15) is 120 Å². The molecule has 2 aliphatic carbocycles. The zero-order chi connectivity index (χ0) is 65.8. The zero-order valence-corrected chi connectivity index (χ0v) is 53.2. The van der Waals surface area contributed by atoms with E-state index in [0.717, 1.165) is 69.1 Å². The minimum absolute atomic E-state index is 0.0472. The zero-order valence-electron chi connectivity index (χ0n) is 53.2. The van der Waals surface area contributed by atoms with Crippen molar-refractivity contribution in [3.63, 3.8) is 0 Å². The normalized spacial score (nSPS) is 17.4. The lowest BCUT2D eigenvalue weighted by molar-refractivity contribution is -0.140. The van der Waals surface area contributed by atoms with Crippen LogP contribution in [0.3, 0.4) is 0 Å². The van der Waals surface area contributed by atoms with Crippen LogP contribution in [-0.2, 0) is 51.3 Å². The van der Waals surface area contributed by atoms with Crippen LogP contribution in [0, 0.1) is 23.5 Å². The highest BCUT2D eigenvalue weighted by molar-refractivity contribution is 6.01. The largest absolute Gasteiger partial charge is 0.465 e. The molecule has 0 spiro atoms. The van der Waals surface area contributed by atoms with Crippen LogP contribution >= 0.6 is 0 Å². The van der Waals surface area contributed by atoms with Gasteiger partial charge in [-0.2, -0.15) is 0 Å². The third kappa shape index (κ3) is 17.4. The number of aromatic nitrogens is 2. The summed E-state index contributed by atoms with van der Waals surface area (Å²) in [7, 11) is 2.76. The molecule has 10 amide bonds. The molecule has 2 aromatic carbocycles. The number of halogens is 2. The van der Waals surface area contributed by atoms with Gasteiger partial charge >= 0.3 is 12.2 Å². The molecule has 4 unspecified atom stereocenters. The van der Waals surface area contributed by atoms with Gasteiger partial charge in [-0.1, -0.05) is 38.5 Å². The van der Waals surface area contributed by atoms with E-state index < -0.39 is 89.0 Å². The number of carbonyl (C=O) groups is 10. The third-order valence-electron chi connectivity index (χ3n) is 17.9. The van der Waals surface area contributed by atoms with Crippen molar-refractivity contribution < 1.29 is 71.3 Å². The number of rotatable bonds is 22. The van der Waals surface area contributed by atoms with Crippen LogP contribution < -0.4 is 21.3 Å². The molecule has 4 aliphatic rings. The molecule has 2 saturated heterocycles. The van der Waals surface area contributed by atoms with Crippen molar-refractivity contribution in [3.05, 3.63) is 71.6 Å². The first kappa shape index (κ1) is 68.5. The van der Waals surface area contributed by atoms with Gasteiger partial charge in [-0.3, -0.25) is 48.2 Å². The fraction of sp³-hybridized carbons (Fsp3) is 0.594. The summed E-state index contributed by atoms with van der Waals surface area (Å²) in [5.41, 5.74) is 0.401. The van der Waals surface area contributed by atoms with Crippen LogP contribution in [0.5, 0.6) is 0 Å². The second-order valence-corrected chi connectivity index (χ2v) is 25.3. The molecule has 2 aromatic heterocycles. The Hall–Kier alpha value is -8.36. The van der Waals surface area contributed by atoms with Crippen LogP contribution in [0.4, 0.5) is 18.4 Å². The molecule has 8 rings (SSSR count). The van der Waals surface area contributed by atoms with Crippen molar-refractivity contribution in [2.45, 2.75) is 142 Å². The predicted octanol–water partition coefficient (Wildman–Crippen LogP) is 4.78. The predicted molar refractivity (Wildman–Crippen MR) is 331 cm³/mol. The van der Waals surface area contributed by atoms with E-state index in [1.807, 2.05) is 0 Å². The van der Waals surface area contributed by atoms with Crippen molar-refractivity contribution in [3.8, 4) is 0 Å². The number of nitrogens with one attached hydrogen (secondary N) is 4. The summed E-state index contributed by atoms with van der Waals surface area (Å²) in [5.74, 6) is -4.74. The molecular weight excluding hydrogens is 1180 g/mol. The first-order chi connectivity index (χ1) is 43.3. The second kappa shape index (κ2) is 30.6. The molecule has 4 fully saturated rings. The Kier molecular flexibility index (Phi) is 23.1. The van der Waals surface area contributed by atoms with Gasteiger partial charge in [-0.05, 0) is 121 Å². The molecule has 91 heavy (non-hydrogen) atoms. The van der Waals surface area contributed by atoms with E-state index in [-0.39, 0.29) is 127 Å². The average molecular weight is 1270 g/mol. The van der Waals surface area contributed by atoms with Crippen molar-refractivity contribution in [1.29, 1.82) is 0 Å². The monoisotopic (exact) mass is 1270 g/mol. The average Bonchev–Trinajstić information content (AvgIpc) is 1.67. The summed E-state index contributed by atoms with van der Waals surface area (Å²) in [6, 6.07) is 7.39. The summed E-state index contributed by atoms with van der Waals surface area (Å²) >= 11 is 0. The standard InChI is InChI=1S/C64H88F2N12O13/c1-40(71(6)62(87)88)56(81)69-54(42-14-10-8-11-15-42)60(85)75-28-24-73(25-29-75)58(83)50-36-44-34-46(65)18-20-48(44)77(50)38-52(79)67-22-32-90-33-23-68-53(80)39-78-49-21-19-47(66)35-45(49)37-51(78)59(84)74-26-30-76(31-27-74)61(86)55(43-16-12-9-13-17-43)70-57(82)41(2)72(7)63(89)91-64(3,4)5/h18-21,34-37,40-43,54-55H,8-17,22-33,38-39H2,1-7H3,(H,67,79)(H,68,80)(H,69,81)(H,70,82)(H,87,88). The summed E-state index contributed by atoms with van der Waals surface area (Å²) in [6.45, 7) is 9.05. The highest BCUT2D eigenvalue weighted by Gasteiger charge is 2.40. The van der Waals surface area contributed by atoms with E-state index in [2.05, 4.69) is 21.3 Å². The minimum atomic E-state index is -1.28. The van der Waals surface area contributed by atoms with Crippen molar-refractivity contribution in [2.24, 2.45) is 11.8 Å². The summed E-state index contributed by atoms with van der Waals surface area (Å²) in [5, 5.41) is 21.6. The number of benzene rings is 2. The van der Waals surface area contributed by atoms with Crippen LogP contribution in [-0.4, -0.2) is 226 Å². The van der Waals surface area contributed by atoms with Crippen molar-refractivity contribution >= 4 is 81.2 Å². The summed E-state index contributed by atoms with van der Waals surface area (Å²) in [4.78, 5) is 144. The van der Waals surface area contributed by atoms with E-state index in [1.165, 1.54) is 83.6 Å². The number of hydrogen-bond acceptors (Lipinski definition) is 12. The van der Waals surface area contributed by atoms with Gasteiger partial charge in [0, 0.05) is 101 Å². The van der Waals surface area contributed by atoms with Gasteiger partial charge in [0.15, 0.2) is 0 Å². The quantitative estimate of drug-likeness (QED) is 0.0664. The van der Waals surface area contributed by atoms with Crippen molar-refractivity contribution in [2.75, 3.05) is 92.8 Å². The Morgan fingerprint density at radius 3 is 1.31 bits per heavy atom. The third-order valence-corrected chi connectivity index (χ3v) is 17.9. The van der Waals surface area contributed by atoms with Crippen LogP contribution in [0.15, 0.2) is 48.5 Å². The number of hydrogen-bond donors (Lipinski definition) is 5. The number of carbonyl (C=O) groups excluding carboxylic acids is 9. The minimum Gasteiger partial charge on any atom is -0.465 e. The molecule has 5 N–H and O–H groups in total. The lowest BCUT2D eigenvalue weighted by Gasteiger charge is -2.39. The number of piperazine rings is 2. The van der Waals surface area contributed by atoms with E-state index in [1.54, 1.807) is 47.3 Å². The Morgan fingerprint density at radius 2 is 0.934 bits per heavy atom. The number of nitrogens with zero attached hydrogens (tertiary/aromatic N) is 8. The lowest BCUT2D eigenvalue weighted by atomic mass is 9.83. The second-order valence-electron chi connectivity index (χ2n) is 25.3. The van der Waals surface area contributed by atoms with Crippen LogP contribution in [0.2, 0.25) is 0 Å². The molecule has 4 heterocycles. The number of carboxylic acid groups (broad SMARTS) is 1. The van der Waals surface area contributed by atoms with Gasteiger partial charge in [-0.15, -0.1) is 0 Å². The molecule has 2 aliphatic heterocycles. The van der Waals surface area contributed by atoms with Gasteiger partial charge in [0.05, 0.1) is 13.2 Å². The highest BCUT2D eigenvalue weighted by Crippen LogP contribution is 2.31. The Morgan fingerprint density at radius 1 is 0.560 bits per heavy atom. The van der Waals surface area contributed by atoms with Crippen molar-refractivity contribution in [1.82, 2.24) is 59.8 Å². The van der Waals surface area contributed by atoms with Gasteiger partial charge in [0.25, 0.3) is 11.8 Å². The first-order valence-corrected chi connectivity index (χ1v) is 31.7. The number of ether oxygens (including phenoxy) is 2. The number of amides is 10. The smallest absolute Gasteiger partial charge is 0.410 e. The van der Waals surface area contributed by atoms with E-state index in [4.69, 9.17) is 9.47 Å². The topological polar surface area (TPSA) is 287 Å². The fourth-order valence-corrected chi connectivity index (χ4v) is 12.4. The van der Waals surface area contributed by atoms with E-state index in [9.17, 15) is 61.8 Å². The summed E-state index contributed by atoms with van der Waals surface area (Å²) < 4.78 is 43.3. The lowest BCUT2D eigenvalue weighted by Crippen LogP contribution is -2.60. The van der Waals surface area contributed by atoms with Gasteiger partial charge in [0.1, 0.15) is 65.9 Å². The van der Waals surface area contributed by atoms with E-state index >= 15 is 0 Å². The van der Waals surface area contributed by atoms with Gasteiger partial charge < -0.3 is 64.6 Å². The van der Waals surface area contributed by atoms with Gasteiger partial charge in [-0.25, -0.2) is 18.4 Å². The molecule has 0 bridgehead atoms. The van der Waals surface area contributed by atoms with Gasteiger partial charge in [0.2, 0.25) is 35.4 Å². The molecule has 0 radical (unpaired) electrons. The Balaban J connectivity index is 0.806. The highest BCUT2D eigenvalue weighted by atomic mass is 19.1. The SMILES string of the molecule is CC(C(=O)NC(C(=O)N1CCN(C(=O)c2cc3cc(F)ccc3n2CC(=O)NCCOCCNC(=O)Cn2c(C(=O)N3CCN(C(=O)C(NC(=O)C(C)N(C)C(=O)OC(C)(C)C)C4CCCCC4)CC3)cc3cc(F)ccc32)CC1)C1CCCCC1)N(C)C(=O)O. The molecule has 27 heteroatoms. The van der Waals surface area contributed by atoms with Crippen LogP contribution in [0.25, 0.3) is 21.8 Å². The molecule has 496 valence electrons. The molecule has 4 atom stereocenters. The Labute approximate surface area is 528 Å². The Bertz CT molecular complexity index is 3320. The van der Waals surface area contributed by atoms with E-state index in [0.29, 0.717) is 21.8 Å². The maximum absolute atomic E-state index is 14.6. The maximum Gasteiger partial charge on any atom is 0.410 e. The fourth-order valence-electron chi connectivity index (χ4n) is 12.4. The summed E-state index contributed by atoms with van der Waals surface area (Å²) in [6.07, 6.45) is 6.63. The maximum atomic E-state index is 14.6. The number of likely N-dealkylation sites (N-methyl/N-ethyl adjacent to an activating group) is 2. The number of fused-ring (bicyclic) bond motifs is 2.